The molecule has 2 aromatic rings. The highest BCUT2D eigenvalue weighted by atomic mass is 16.3. The molecule has 0 aromatic heterocycles. The normalized spacial score (nSPS) is 10.2. The number of carbonyl (C=O) groups is 1. The van der Waals surface area contributed by atoms with Gasteiger partial charge in [0.2, 0.25) is 5.91 Å². The molecule has 110 valence electrons. The molecule has 1 amide bonds. The molecule has 0 aliphatic heterocycles. The van der Waals surface area contributed by atoms with Crippen molar-refractivity contribution in [2.75, 3.05) is 10.6 Å². The van der Waals surface area contributed by atoms with E-state index in [1.165, 1.54) is 6.92 Å². The van der Waals surface area contributed by atoms with E-state index in [1.54, 1.807) is 0 Å². The van der Waals surface area contributed by atoms with Gasteiger partial charge in [-0.3, -0.25) is 4.79 Å². The van der Waals surface area contributed by atoms with Crippen LogP contribution in [0.4, 0.5) is 11.4 Å². The van der Waals surface area contributed by atoms with Crippen molar-refractivity contribution in [1.29, 1.82) is 0 Å². The van der Waals surface area contributed by atoms with E-state index >= 15 is 0 Å². The van der Waals surface area contributed by atoms with E-state index in [0.29, 0.717) is 12.3 Å². The minimum absolute atomic E-state index is 0.0962. The van der Waals surface area contributed by atoms with Crippen LogP contribution in [0.3, 0.4) is 0 Å². The third-order valence-electron chi connectivity index (χ3n) is 3.35. The van der Waals surface area contributed by atoms with Gasteiger partial charge in [0, 0.05) is 30.4 Å². The minimum atomic E-state index is -0.0962. The van der Waals surface area contributed by atoms with Crippen LogP contribution in [0.1, 0.15) is 23.6 Å². The number of para-hydroxylation sites is 1. The Morgan fingerprint density at radius 1 is 1.14 bits per heavy atom. The summed E-state index contributed by atoms with van der Waals surface area (Å²) in [5.74, 6) is 0.224. The maximum atomic E-state index is 11.1. The summed E-state index contributed by atoms with van der Waals surface area (Å²) in [4.78, 5) is 11.1. The Labute approximate surface area is 124 Å². The number of aryl methyl sites for hydroxylation is 2. The fourth-order valence-corrected chi connectivity index (χ4v) is 2.15. The number of phenolic OH excluding ortho intramolecular Hbond substituents is 1. The molecule has 21 heavy (non-hydrogen) atoms. The molecule has 0 aliphatic carbocycles. The molecule has 0 heterocycles. The first-order valence-electron chi connectivity index (χ1n) is 6.87. The summed E-state index contributed by atoms with van der Waals surface area (Å²) >= 11 is 0. The zero-order valence-corrected chi connectivity index (χ0v) is 12.5. The highest BCUT2D eigenvalue weighted by Crippen LogP contribution is 2.25. The smallest absolute Gasteiger partial charge is 0.221 e. The van der Waals surface area contributed by atoms with Crippen molar-refractivity contribution in [3.8, 4) is 5.75 Å². The number of amides is 1. The van der Waals surface area contributed by atoms with Gasteiger partial charge in [-0.05, 0) is 37.1 Å². The molecule has 0 radical (unpaired) electrons. The van der Waals surface area contributed by atoms with Crippen LogP contribution in [-0.2, 0) is 11.3 Å². The molecule has 0 saturated heterocycles. The average Bonchev–Trinajstić information content (AvgIpc) is 2.43. The lowest BCUT2D eigenvalue weighted by molar-refractivity contribution is -0.114. The first-order valence-corrected chi connectivity index (χ1v) is 6.87. The summed E-state index contributed by atoms with van der Waals surface area (Å²) in [5, 5.41) is 16.1. The first-order chi connectivity index (χ1) is 9.97. The van der Waals surface area contributed by atoms with Crippen LogP contribution >= 0.6 is 0 Å². The number of phenols is 1. The summed E-state index contributed by atoms with van der Waals surface area (Å²) < 4.78 is 0. The second-order valence-electron chi connectivity index (χ2n) is 5.15. The van der Waals surface area contributed by atoms with Crippen molar-refractivity contribution in [2.45, 2.75) is 27.3 Å². The number of hydrogen-bond donors (Lipinski definition) is 3. The summed E-state index contributed by atoms with van der Waals surface area (Å²) in [6.07, 6.45) is 0. The van der Waals surface area contributed by atoms with E-state index in [1.807, 2.05) is 50.2 Å². The molecule has 2 aromatic carbocycles. The van der Waals surface area contributed by atoms with Gasteiger partial charge in [-0.25, -0.2) is 0 Å². The standard InChI is InChI=1S/C17H20N2O2/c1-11-7-8-15(19-13(3)20)9-16(11)18-10-14-6-4-5-12(2)17(14)21/h4-9,18,21H,10H2,1-3H3,(H,19,20). The quantitative estimate of drug-likeness (QED) is 0.804. The molecular weight excluding hydrogens is 264 g/mol. The van der Waals surface area contributed by atoms with Crippen LogP contribution in [0.25, 0.3) is 0 Å². The van der Waals surface area contributed by atoms with Gasteiger partial charge >= 0.3 is 0 Å². The zero-order chi connectivity index (χ0) is 15.4. The molecule has 0 aliphatic rings. The van der Waals surface area contributed by atoms with Crippen LogP contribution in [0.2, 0.25) is 0 Å². The number of carbonyl (C=O) groups excluding carboxylic acids is 1. The number of rotatable bonds is 4. The van der Waals surface area contributed by atoms with Gasteiger partial charge < -0.3 is 15.7 Å². The molecule has 3 N–H and O–H groups in total. The molecule has 0 atom stereocenters. The van der Waals surface area contributed by atoms with Gasteiger partial charge in [-0.2, -0.15) is 0 Å². The molecular formula is C17H20N2O2. The van der Waals surface area contributed by atoms with Crippen molar-refractivity contribution in [3.63, 3.8) is 0 Å². The van der Waals surface area contributed by atoms with Gasteiger partial charge in [-0.15, -0.1) is 0 Å². The SMILES string of the molecule is CC(=O)Nc1ccc(C)c(NCc2cccc(C)c2O)c1. The molecule has 0 saturated carbocycles. The monoisotopic (exact) mass is 284 g/mol. The van der Waals surface area contributed by atoms with Crippen molar-refractivity contribution in [2.24, 2.45) is 0 Å². The summed E-state index contributed by atoms with van der Waals surface area (Å²) in [7, 11) is 0. The predicted octanol–water partition coefficient (Wildman–Crippen LogP) is 3.58. The van der Waals surface area contributed by atoms with Gasteiger partial charge in [0.1, 0.15) is 5.75 Å². The highest BCUT2D eigenvalue weighted by molar-refractivity contribution is 5.89. The van der Waals surface area contributed by atoms with E-state index in [4.69, 9.17) is 0 Å². The number of hydrogen-bond acceptors (Lipinski definition) is 3. The van der Waals surface area contributed by atoms with E-state index < -0.39 is 0 Å². The van der Waals surface area contributed by atoms with Gasteiger partial charge in [0.05, 0.1) is 0 Å². The zero-order valence-electron chi connectivity index (χ0n) is 12.5. The third kappa shape index (κ3) is 3.75. The molecule has 0 fully saturated rings. The second-order valence-corrected chi connectivity index (χ2v) is 5.15. The van der Waals surface area contributed by atoms with Gasteiger partial charge in [-0.1, -0.05) is 24.3 Å². The van der Waals surface area contributed by atoms with Crippen LogP contribution in [0, 0.1) is 13.8 Å². The Balaban J connectivity index is 2.15. The lowest BCUT2D eigenvalue weighted by Gasteiger charge is -2.13. The summed E-state index contributed by atoms with van der Waals surface area (Å²) in [5.41, 5.74) is 4.47. The fraction of sp³-hybridized carbons (Fsp3) is 0.235. The average molecular weight is 284 g/mol. The molecule has 4 nitrogen and oxygen atoms in total. The lowest BCUT2D eigenvalue weighted by atomic mass is 10.1. The van der Waals surface area contributed by atoms with Crippen molar-refractivity contribution in [3.05, 3.63) is 53.1 Å². The first kappa shape index (κ1) is 14.9. The van der Waals surface area contributed by atoms with Gasteiger partial charge in [0.15, 0.2) is 0 Å². The predicted molar refractivity (Wildman–Crippen MR) is 85.7 cm³/mol. The summed E-state index contributed by atoms with van der Waals surface area (Å²) in [6.45, 7) is 5.88. The number of anilines is 2. The third-order valence-corrected chi connectivity index (χ3v) is 3.35. The molecule has 0 bridgehead atoms. The largest absolute Gasteiger partial charge is 0.507 e. The molecule has 0 spiro atoms. The fourth-order valence-electron chi connectivity index (χ4n) is 2.15. The van der Waals surface area contributed by atoms with Crippen molar-refractivity contribution < 1.29 is 9.90 Å². The molecule has 4 heteroatoms. The Hall–Kier alpha value is -2.49. The van der Waals surface area contributed by atoms with E-state index in [-0.39, 0.29) is 5.91 Å². The maximum Gasteiger partial charge on any atom is 0.221 e. The maximum absolute atomic E-state index is 11.1. The summed E-state index contributed by atoms with van der Waals surface area (Å²) in [6, 6.07) is 11.4. The number of benzene rings is 2. The Morgan fingerprint density at radius 3 is 2.62 bits per heavy atom. The van der Waals surface area contributed by atoms with E-state index in [2.05, 4.69) is 10.6 Å². The molecule has 0 unspecified atom stereocenters. The number of aromatic hydroxyl groups is 1. The van der Waals surface area contributed by atoms with Crippen LogP contribution in [0.5, 0.6) is 5.75 Å². The highest BCUT2D eigenvalue weighted by Gasteiger charge is 2.05. The van der Waals surface area contributed by atoms with Crippen molar-refractivity contribution in [1.82, 2.24) is 0 Å². The van der Waals surface area contributed by atoms with Crippen molar-refractivity contribution >= 4 is 17.3 Å². The van der Waals surface area contributed by atoms with Crippen LogP contribution < -0.4 is 10.6 Å². The van der Waals surface area contributed by atoms with Gasteiger partial charge in [0.25, 0.3) is 0 Å². The Bertz CT molecular complexity index is 666. The van der Waals surface area contributed by atoms with E-state index in [0.717, 1.165) is 28.1 Å². The van der Waals surface area contributed by atoms with Crippen LogP contribution in [-0.4, -0.2) is 11.0 Å². The number of nitrogens with one attached hydrogen (secondary N) is 2. The Kier molecular flexibility index (Phi) is 4.48. The topological polar surface area (TPSA) is 61.4 Å². The van der Waals surface area contributed by atoms with Crippen LogP contribution in [0.15, 0.2) is 36.4 Å². The van der Waals surface area contributed by atoms with E-state index in [9.17, 15) is 9.90 Å². The Morgan fingerprint density at radius 2 is 1.90 bits per heavy atom. The minimum Gasteiger partial charge on any atom is -0.507 e. The lowest BCUT2D eigenvalue weighted by Crippen LogP contribution is -2.07. The molecule has 2 rings (SSSR count). The second kappa shape index (κ2) is 6.31.